The Bertz CT molecular complexity index is 432. The van der Waals surface area contributed by atoms with E-state index in [1.807, 2.05) is 0 Å². The van der Waals surface area contributed by atoms with Gasteiger partial charge < -0.3 is 0 Å². The van der Waals surface area contributed by atoms with Crippen molar-refractivity contribution in [3.63, 3.8) is 0 Å². The molecule has 0 aliphatic heterocycles. The second-order valence-corrected chi connectivity index (χ2v) is 7.61. The Balaban J connectivity index is 1.73. The first-order chi connectivity index (χ1) is 11.7. The molecule has 24 heavy (non-hydrogen) atoms. The van der Waals surface area contributed by atoms with Gasteiger partial charge in [-0.25, -0.2) is 4.39 Å². The largest absolute Gasteiger partial charge is 0.251 e. The van der Waals surface area contributed by atoms with E-state index >= 15 is 0 Å². The Morgan fingerprint density at radius 3 is 2.25 bits per heavy atom. The molecule has 1 atom stereocenters. The van der Waals surface area contributed by atoms with E-state index in [4.69, 9.17) is 0 Å². The molecule has 1 unspecified atom stereocenters. The van der Waals surface area contributed by atoms with Gasteiger partial charge in [0.15, 0.2) is 0 Å². The van der Waals surface area contributed by atoms with E-state index in [1.54, 1.807) is 0 Å². The topological polar surface area (TPSA) is 0 Å². The van der Waals surface area contributed by atoms with E-state index in [1.165, 1.54) is 24.8 Å². The second kappa shape index (κ2) is 10.8. The lowest BCUT2D eigenvalue weighted by Gasteiger charge is -2.30. The zero-order chi connectivity index (χ0) is 17.2. The molecule has 2 rings (SSSR count). The van der Waals surface area contributed by atoms with Crippen LogP contribution in [0.3, 0.4) is 0 Å². The molecule has 0 heterocycles. The predicted molar refractivity (Wildman–Crippen MR) is 98.9 cm³/mol. The molecule has 0 bridgehead atoms. The molecule has 1 fully saturated rings. The summed E-state index contributed by atoms with van der Waals surface area (Å²) in [6.45, 7) is 2.01. The lowest BCUT2D eigenvalue weighted by atomic mass is 9.77. The molecule has 0 amide bonds. The maximum absolute atomic E-state index is 14.6. The van der Waals surface area contributed by atoms with Crippen molar-refractivity contribution in [1.29, 1.82) is 0 Å². The molecular formula is C22H34F2. The number of aryl methyl sites for hydroxylation is 1. The summed E-state index contributed by atoms with van der Waals surface area (Å²) < 4.78 is 26.9. The van der Waals surface area contributed by atoms with Crippen LogP contribution in [0, 0.1) is 11.8 Å². The standard InChI is InChI=1S/C22H34F2/c1-2-3-4-6-18-8-10-20(11-9-18)17-22(24)21-14-12-19(13-15-21)7-5-16-23/h8-11,19,21-22H,2-7,12-17H2,1H3/t19-,21-,22?. The third-order valence-electron chi connectivity index (χ3n) is 5.67. The fourth-order valence-corrected chi connectivity index (χ4v) is 4.02. The lowest BCUT2D eigenvalue weighted by molar-refractivity contribution is 0.150. The van der Waals surface area contributed by atoms with Gasteiger partial charge in [0, 0.05) is 6.42 Å². The maximum Gasteiger partial charge on any atom is 0.107 e. The zero-order valence-corrected chi connectivity index (χ0v) is 15.3. The van der Waals surface area contributed by atoms with Gasteiger partial charge in [0.05, 0.1) is 6.67 Å². The Morgan fingerprint density at radius 1 is 0.958 bits per heavy atom. The van der Waals surface area contributed by atoms with Gasteiger partial charge in [-0.3, -0.25) is 4.39 Å². The number of rotatable bonds is 10. The second-order valence-electron chi connectivity index (χ2n) is 7.61. The van der Waals surface area contributed by atoms with Crippen molar-refractivity contribution in [2.45, 2.75) is 83.7 Å². The fraction of sp³-hybridized carbons (Fsp3) is 0.727. The Kier molecular flexibility index (Phi) is 8.77. The molecule has 0 N–H and O–H groups in total. The zero-order valence-electron chi connectivity index (χ0n) is 15.3. The highest BCUT2D eigenvalue weighted by molar-refractivity contribution is 5.23. The van der Waals surface area contributed by atoms with E-state index in [-0.39, 0.29) is 12.6 Å². The highest BCUT2D eigenvalue weighted by Crippen LogP contribution is 2.35. The van der Waals surface area contributed by atoms with Crippen LogP contribution in [-0.2, 0) is 12.8 Å². The van der Waals surface area contributed by atoms with Gasteiger partial charge in [0.1, 0.15) is 6.17 Å². The summed E-state index contributed by atoms with van der Waals surface area (Å²) in [5.74, 6) is 0.836. The van der Waals surface area contributed by atoms with Crippen LogP contribution in [0.4, 0.5) is 8.78 Å². The van der Waals surface area contributed by atoms with Crippen molar-refractivity contribution in [3.05, 3.63) is 35.4 Å². The van der Waals surface area contributed by atoms with Crippen molar-refractivity contribution >= 4 is 0 Å². The van der Waals surface area contributed by atoms with Gasteiger partial charge in [-0.15, -0.1) is 0 Å². The number of hydrogen-bond donors (Lipinski definition) is 0. The summed E-state index contributed by atoms with van der Waals surface area (Å²) in [4.78, 5) is 0. The highest BCUT2D eigenvalue weighted by atomic mass is 19.1. The minimum absolute atomic E-state index is 0.204. The smallest absolute Gasteiger partial charge is 0.107 e. The molecule has 0 radical (unpaired) electrons. The summed E-state index contributed by atoms with van der Waals surface area (Å²) in [7, 11) is 0. The van der Waals surface area contributed by atoms with E-state index in [0.29, 0.717) is 18.8 Å². The van der Waals surface area contributed by atoms with Crippen LogP contribution >= 0.6 is 0 Å². The van der Waals surface area contributed by atoms with Crippen LogP contribution in [0.1, 0.15) is 75.8 Å². The number of hydrogen-bond acceptors (Lipinski definition) is 0. The summed E-state index contributed by atoms with van der Waals surface area (Å²) in [5, 5.41) is 0. The Labute approximate surface area is 147 Å². The minimum Gasteiger partial charge on any atom is -0.251 e. The van der Waals surface area contributed by atoms with E-state index in [0.717, 1.165) is 44.1 Å². The Morgan fingerprint density at radius 2 is 1.62 bits per heavy atom. The molecular weight excluding hydrogens is 302 g/mol. The molecule has 0 aromatic heterocycles. The first kappa shape index (κ1) is 19.4. The van der Waals surface area contributed by atoms with Crippen LogP contribution in [0.5, 0.6) is 0 Å². The van der Waals surface area contributed by atoms with E-state index in [2.05, 4.69) is 31.2 Å². The van der Waals surface area contributed by atoms with Crippen molar-refractivity contribution in [2.75, 3.05) is 6.67 Å². The molecule has 1 saturated carbocycles. The monoisotopic (exact) mass is 336 g/mol. The van der Waals surface area contributed by atoms with Crippen molar-refractivity contribution in [2.24, 2.45) is 11.8 Å². The maximum atomic E-state index is 14.6. The molecule has 136 valence electrons. The third-order valence-corrected chi connectivity index (χ3v) is 5.67. The van der Waals surface area contributed by atoms with Gasteiger partial charge in [0.2, 0.25) is 0 Å². The van der Waals surface area contributed by atoms with Crippen LogP contribution in [0.2, 0.25) is 0 Å². The molecule has 1 aromatic carbocycles. The molecule has 0 saturated heterocycles. The first-order valence-corrected chi connectivity index (χ1v) is 10.0. The number of unbranched alkanes of at least 4 members (excludes halogenated alkanes) is 2. The van der Waals surface area contributed by atoms with Crippen molar-refractivity contribution in [3.8, 4) is 0 Å². The summed E-state index contributed by atoms with van der Waals surface area (Å²) in [6.07, 6.45) is 10.5. The summed E-state index contributed by atoms with van der Waals surface area (Å²) in [6, 6.07) is 8.57. The minimum atomic E-state index is -0.724. The normalized spacial score (nSPS) is 22.5. The highest BCUT2D eigenvalue weighted by Gasteiger charge is 2.27. The predicted octanol–water partition coefficient (Wildman–Crippen LogP) is 6.86. The lowest BCUT2D eigenvalue weighted by Crippen LogP contribution is -2.24. The van der Waals surface area contributed by atoms with Gasteiger partial charge >= 0.3 is 0 Å². The summed E-state index contributed by atoms with van der Waals surface area (Å²) in [5.41, 5.74) is 2.50. The number of halogens is 2. The quantitative estimate of drug-likeness (QED) is 0.410. The first-order valence-electron chi connectivity index (χ1n) is 10.0. The van der Waals surface area contributed by atoms with Crippen molar-refractivity contribution < 1.29 is 8.78 Å². The van der Waals surface area contributed by atoms with Crippen molar-refractivity contribution in [1.82, 2.24) is 0 Å². The molecule has 0 nitrogen and oxygen atoms in total. The van der Waals surface area contributed by atoms with Crippen LogP contribution < -0.4 is 0 Å². The average molecular weight is 337 g/mol. The molecule has 1 aliphatic rings. The molecule has 2 heteroatoms. The third kappa shape index (κ3) is 6.53. The molecule has 0 spiro atoms. The number of benzene rings is 1. The van der Waals surface area contributed by atoms with E-state index in [9.17, 15) is 8.78 Å². The van der Waals surface area contributed by atoms with Gasteiger partial charge in [-0.05, 0) is 61.5 Å². The van der Waals surface area contributed by atoms with Gasteiger partial charge in [-0.1, -0.05) is 56.9 Å². The van der Waals surface area contributed by atoms with Gasteiger partial charge in [-0.2, -0.15) is 0 Å². The molecule has 1 aromatic rings. The van der Waals surface area contributed by atoms with E-state index < -0.39 is 6.17 Å². The van der Waals surface area contributed by atoms with Gasteiger partial charge in [0.25, 0.3) is 0 Å². The SMILES string of the molecule is CCCCCc1ccc(CC(F)[C@H]2CC[C@H](CCCF)CC2)cc1. The summed E-state index contributed by atoms with van der Waals surface area (Å²) >= 11 is 0. The molecule has 1 aliphatic carbocycles. The fourth-order valence-electron chi connectivity index (χ4n) is 4.02. The van der Waals surface area contributed by atoms with Crippen LogP contribution in [0.25, 0.3) is 0 Å². The van der Waals surface area contributed by atoms with Crippen LogP contribution in [-0.4, -0.2) is 12.8 Å². The number of alkyl halides is 2. The van der Waals surface area contributed by atoms with Crippen LogP contribution in [0.15, 0.2) is 24.3 Å². The average Bonchev–Trinajstić information content (AvgIpc) is 2.62. The Hall–Kier alpha value is -0.920.